The third-order valence-electron chi connectivity index (χ3n) is 8.91. The number of aromatic nitrogens is 1. The molecule has 2 aromatic carbocycles. The smallest absolute Gasteiger partial charge is 0.356 e. The molecule has 6 rings (SSSR count). The van der Waals surface area contributed by atoms with Gasteiger partial charge in [-0.05, 0) is 85.4 Å². The van der Waals surface area contributed by atoms with Crippen molar-refractivity contribution in [2.75, 3.05) is 18.0 Å². The summed E-state index contributed by atoms with van der Waals surface area (Å²) in [6, 6.07) is 13.0. The summed E-state index contributed by atoms with van der Waals surface area (Å²) in [4.78, 5) is 44.3. The number of carbonyl (C=O) groups is 3. The van der Waals surface area contributed by atoms with Crippen LogP contribution in [0.4, 0.5) is 19.0 Å². The lowest BCUT2D eigenvalue weighted by atomic mass is 9.90. The number of hydrogen-bond acceptors (Lipinski definition) is 5. The zero-order valence-electron chi connectivity index (χ0n) is 24.0. The number of rotatable bonds is 7. The molecule has 3 aliphatic heterocycles. The average molecular weight is 625 g/mol. The molecule has 0 radical (unpaired) electrons. The zero-order valence-corrected chi connectivity index (χ0v) is 24.8. The third-order valence-corrected chi connectivity index (χ3v) is 9.14. The molecule has 3 amide bonds. The first kappa shape index (κ1) is 30.1. The molecule has 11 heteroatoms. The van der Waals surface area contributed by atoms with Crippen LogP contribution in [0.2, 0.25) is 5.02 Å². The minimum absolute atomic E-state index is 0.0271. The standard InChI is InChI=1S/C33H32ClF3N4O3/c34-25-6-2-5-22(16-25)23-17-27(33(35,36)37)30(38-18-23)40-13-11-20(12-14-40)3-1-4-21-7-8-26-24(15-21)19-41(32(26)44)28-9-10-29(42)39-31(28)43/h2,5-8,15-18,20,28H,1,3-4,9-14,19H2,(H,39,42,43). The lowest BCUT2D eigenvalue weighted by Crippen LogP contribution is -2.52. The number of imide groups is 1. The Bertz CT molecular complexity index is 1600. The van der Waals surface area contributed by atoms with E-state index in [1.54, 1.807) is 34.1 Å². The molecular formula is C33H32ClF3N4O3. The van der Waals surface area contributed by atoms with Gasteiger partial charge < -0.3 is 9.80 Å². The van der Waals surface area contributed by atoms with Crippen molar-refractivity contribution in [3.63, 3.8) is 0 Å². The number of carbonyl (C=O) groups excluding carboxylic acids is 3. The molecule has 1 unspecified atom stereocenters. The van der Waals surface area contributed by atoms with E-state index in [-0.39, 0.29) is 24.1 Å². The number of fused-ring (bicyclic) bond motifs is 1. The van der Waals surface area contributed by atoms with Gasteiger partial charge in [0.05, 0.1) is 5.56 Å². The second-order valence-corrected chi connectivity index (χ2v) is 12.3. The summed E-state index contributed by atoms with van der Waals surface area (Å²) in [5.41, 5.74) is 2.82. The topological polar surface area (TPSA) is 82.6 Å². The number of piperidine rings is 2. The lowest BCUT2D eigenvalue weighted by Gasteiger charge is -2.34. The van der Waals surface area contributed by atoms with Crippen molar-refractivity contribution < 1.29 is 27.6 Å². The fraction of sp³-hybridized carbons (Fsp3) is 0.394. The predicted octanol–water partition coefficient (Wildman–Crippen LogP) is 6.42. The number of nitrogens with zero attached hydrogens (tertiary/aromatic N) is 3. The number of amides is 3. The molecule has 7 nitrogen and oxygen atoms in total. The fourth-order valence-electron chi connectivity index (χ4n) is 6.56. The van der Waals surface area contributed by atoms with Gasteiger partial charge in [-0.15, -0.1) is 0 Å². The molecule has 0 saturated carbocycles. The summed E-state index contributed by atoms with van der Waals surface area (Å²) < 4.78 is 42.3. The molecule has 3 aliphatic rings. The highest BCUT2D eigenvalue weighted by atomic mass is 35.5. The van der Waals surface area contributed by atoms with Gasteiger partial charge in [-0.1, -0.05) is 35.9 Å². The molecule has 3 aromatic rings. The van der Waals surface area contributed by atoms with E-state index in [0.717, 1.165) is 49.3 Å². The Morgan fingerprint density at radius 2 is 1.77 bits per heavy atom. The van der Waals surface area contributed by atoms with Crippen molar-refractivity contribution in [2.24, 2.45) is 5.92 Å². The van der Waals surface area contributed by atoms with Crippen LogP contribution in [0.1, 0.15) is 65.6 Å². The molecule has 2 saturated heterocycles. The molecule has 2 fully saturated rings. The van der Waals surface area contributed by atoms with E-state index < -0.39 is 23.7 Å². The van der Waals surface area contributed by atoms with Crippen LogP contribution < -0.4 is 10.2 Å². The lowest BCUT2D eigenvalue weighted by molar-refractivity contribution is -0.138. The molecule has 44 heavy (non-hydrogen) atoms. The van der Waals surface area contributed by atoms with Gasteiger partial charge >= 0.3 is 6.18 Å². The van der Waals surface area contributed by atoms with E-state index in [1.807, 2.05) is 18.2 Å². The van der Waals surface area contributed by atoms with E-state index in [0.29, 0.717) is 53.7 Å². The maximum Gasteiger partial charge on any atom is 0.419 e. The van der Waals surface area contributed by atoms with Crippen LogP contribution in [0.25, 0.3) is 11.1 Å². The van der Waals surface area contributed by atoms with Gasteiger partial charge in [0.15, 0.2) is 0 Å². The van der Waals surface area contributed by atoms with Gasteiger partial charge in [-0.2, -0.15) is 13.2 Å². The molecule has 1 aromatic heterocycles. The first-order valence-corrected chi connectivity index (χ1v) is 15.3. The Morgan fingerprint density at radius 3 is 2.50 bits per heavy atom. The maximum absolute atomic E-state index is 14.1. The molecule has 4 heterocycles. The van der Waals surface area contributed by atoms with Gasteiger partial charge in [0, 0.05) is 48.4 Å². The number of anilines is 1. The second kappa shape index (κ2) is 12.2. The Labute approximate surface area is 258 Å². The predicted molar refractivity (Wildman–Crippen MR) is 160 cm³/mol. The minimum Gasteiger partial charge on any atom is -0.356 e. The van der Waals surface area contributed by atoms with E-state index >= 15 is 0 Å². The van der Waals surface area contributed by atoms with E-state index in [1.165, 1.54) is 6.20 Å². The molecule has 1 atom stereocenters. The summed E-state index contributed by atoms with van der Waals surface area (Å²) >= 11 is 6.04. The van der Waals surface area contributed by atoms with Gasteiger partial charge in [0.2, 0.25) is 11.8 Å². The van der Waals surface area contributed by atoms with Crippen LogP contribution in [-0.2, 0) is 28.7 Å². The van der Waals surface area contributed by atoms with E-state index in [9.17, 15) is 27.6 Å². The van der Waals surface area contributed by atoms with Crippen molar-refractivity contribution >= 4 is 35.1 Å². The van der Waals surface area contributed by atoms with Crippen molar-refractivity contribution in [3.05, 3.63) is 82.0 Å². The number of nitrogens with one attached hydrogen (secondary N) is 1. The largest absolute Gasteiger partial charge is 0.419 e. The molecular weight excluding hydrogens is 593 g/mol. The normalized spacial score (nSPS) is 19.4. The van der Waals surface area contributed by atoms with Crippen molar-refractivity contribution in [1.82, 2.24) is 15.2 Å². The SMILES string of the molecule is O=C1CCC(N2Cc3cc(CCCC4CCN(c5ncc(-c6cccc(Cl)c6)cc5C(F)(F)F)CC4)ccc3C2=O)C(=O)N1. The molecule has 230 valence electrons. The van der Waals surface area contributed by atoms with Crippen molar-refractivity contribution in [1.29, 1.82) is 0 Å². The summed E-state index contributed by atoms with van der Waals surface area (Å²) in [5, 5.41) is 2.77. The summed E-state index contributed by atoms with van der Waals surface area (Å²) in [5.74, 6) is -0.537. The Hall–Kier alpha value is -3.92. The fourth-order valence-corrected chi connectivity index (χ4v) is 6.75. The zero-order chi connectivity index (χ0) is 31.0. The summed E-state index contributed by atoms with van der Waals surface area (Å²) in [7, 11) is 0. The van der Waals surface area contributed by atoms with Crippen LogP contribution in [0.15, 0.2) is 54.7 Å². The Morgan fingerprint density at radius 1 is 0.977 bits per heavy atom. The maximum atomic E-state index is 14.1. The van der Waals surface area contributed by atoms with E-state index in [4.69, 9.17) is 11.6 Å². The van der Waals surface area contributed by atoms with Crippen LogP contribution in [0.5, 0.6) is 0 Å². The Kier molecular flexibility index (Phi) is 8.37. The highest BCUT2D eigenvalue weighted by Gasteiger charge is 2.39. The summed E-state index contributed by atoms with van der Waals surface area (Å²) in [6.07, 6.45) is 1.78. The average Bonchev–Trinajstić information content (AvgIpc) is 3.32. The summed E-state index contributed by atoms with van der Waals surface area (Å²) in [6.45, 7) is 1.36. The Balaban J connectivity index is 1.03. The highest BCUT2D eigenvalue weighted by Crippen LogP contribution is 2.39. The van der Waals surface area contributed by atoms with Crippen molar-refractivity contribution in [2.45, 2.75) is 63.7 Å². The minimum atomic E-state index is -4.53. The van der Waals surface area contributed by atoms with Crippen LogP contribution >= 0.6 is 11.6 Å². The number of pyridine rings is 1. The van der Waals surface area contributed by atoms with Gasteiger partial charge in [0.1, 0.15) is 11.9 Å². The van der Waals surface area contributed by atoms with E-state index in [2.05, 4.69) is 10.3 Å². The van der Waals surface area contributed by atoms with Gasteiger partial charge in [-0.25, -0.2) is 4.98 Å². The highest BCUT2D eigenvalue weighted by molar-refractivity contribution is 6.30. The number of hydrogen-bond donors (Lipinski definition) is 1. The van der Waals surface area contributed by atoms with Crippen LogP contribution in [0.3, 0.4) is 0 Å². The van der Waals surface area contributed by atoms with Crippen LogP contribution in [0, 0.1) is 5.92 Å². The quantitative estimate of drug-likeness (QED) is 0.307. The monoisotopic (exact) mass is 624 g/mol. The number of alkyl halides is 3. The number of halogens is 4. The number of benzene rings is 2. The van der Waals surface area contributed by atoms with Crippen molar-refractivity contribution in [3.8, 4) is 11.1 Å². The molecule has 0 bridgehead atoms. The first-order valence-electron chi connectivity index (χ1n) is 14.9. The third kappa shape index (κ3) is 6.31. The molecule has 0 spiro atoms. The van der Waals surface area contributed by atoms with Gasteiger partial charge in [-0.3, -0.25) is 19.7 Å². The number of aryl methyl sites for hydroxylation is 1. The van der Waals surface area contributed by atoms with Crippen LogP contribution in [-0.4, -0.2) is 46.7 Å². The van der Waals surface area contributed by atoms with Gasteiger partial charge in [0.25, 0.3) is 5.91 Å². The molecule has 1 N–H and O–H groups in total. The first-order chi connectivity index (χ1) is 21.1. The second-order valence-electron chi connectivity index (χ2n) is 11.8. The molecule has 0 aliphatic carbocycles.